The second-order valence-electron chi connectivity index (χ2n) is 5.14. The number of thiazole rings is 1. The Morgan fingerprint density at radius 2 is 2.22 bits per heavy atom. The topological polar surface area (TPSA) is 45.6 Å². The predicted octanol–water partition coefficient (Wildman–Crippen LogP) is 2.41. The van der Waals surface area contributed by atoms with Crippen molar-refractivity contribution in [1.29, 1.82) is 0 Å². The quantitative estimate of drug-likeness (QED) is 0.912. The van der Waals surface area contributed by atoms with Crippen LogP contribution < -0.4 is 4.90 Å². The number of nitrogens with zero attached hydrogens (tertiary/aromatic N) is 2. The molecule has 2 rings (SSSR count). The van der Waals surface area contributed by atoms with E-state index in [1.54, 1.807) is 18.4 Å². The maximum Gasteiger partial charge on any atom is 0.186 e. The molecule has 1 aromatic heterocycles. The largest absolute Gasteiger partial charge is 0.391 e. The first-order chi connectivity index (χ1) is 8.65. The van der Waals surface area contributed by atoms with E-state index in [2.05, 4.69) is 23.7 Å². The van der Waals surface area contributed by atoms with Crippen molar-refractivity contribution >= 4 is 16.5 Å². The van der Waals surface area contributed by atoms with Crippen LogP contribution in [0.25, 0.3) is 0 Å². The second kappa shape index (κ2) is 5.99. The van der Waals surface area contributed by atoms with E-state index in [0.717, 1.165) is 22.2 Å². The van der Waals surface area contributed by atoms with Gasteiger partial charge in [-0.15, -0.1) is 0 Å². The zero-order chi connectivity index (χ0) is 13.1. The zero-order valence-electron chi connectivity index (χ0n) is 11.3. The standard InChI is InChI=1S/C13H22N2O2S/c1-9-4-5-10(2)15(6-9)13-14-11(8-17-3)12(7-16)18-13/h9-10,16H,4-8H2,1-3H3. The summed E-state index contributed by atoms with van der Waals surface area (Å²) in [7, 11) is 1.66. The maximum atomic E-state index is 9.37. The van der Waals surface area contributed by atoms with Crippen molar-refractivity contribution in [2.75, 3.05) is 18.6 Å². The van der Waals surface area contributed by atoms with Crippen molar-refractivity contribution in [3.8, 4) is 0 Å². The highest BCUT2D eigenvalue weighted by atomic mass is 32.1. The molecule has 1 aliphatic heterocycles. The molecule has 2 atom stereocenters. The lowest BCUT2D eigenvalue weighted by molar-refractivity contribution is 0.179. The van der Waals surface area contributed by atoms with Crippen molar-refractivity contribution in [3.05, 3.63) is 10.6 Å². The van der Waals surface area contributed by atoms with E-state index in [4.69, 9.17) is 4.74 Å². The monoisotopic (exact) mass is 270 g/mol. The van der Waals surface area contributed by atoms with Crippen molar-refractivity contribution in [1.82, 2.24) is 4.98 Å². The van der Waals surface area contributed by atoms with E-state index >= 15 is 0 Å². The number of aliphatic hydroxyl groups excluding tert-OH is 1. The lowest BCUT2D eigenvalue weighted by atomic mass is 9.96. The first-order valence-corrected chi connectivity index (χ1v) is 7.32. The Kier molecular flexibility index (Phi) is 4.59. The van der Waals surface area contributed by atoms with Crippen LogP contribution in [0, 0.1) is 5.92 Å². The summed E-state index contributed by atoms with van der Waals surface area (Å²) in [5, 5.41) is 10.4. The average Bonchev–Trinajstić information content (AvgIpc) is 2.76. The average molecular weight is 270 g/mol. The van der Waals surface area contributed by atoms with Crippen molar-refractivity contribution in [2.24, 2.45) is 5.92 Å². The number of piperidine rings is 1. The molecule has 0 aromatic carbocycles. The minimum absolute atomic E-state index is 0.0497. The Balaban J connectivity index is 2.21. The van der Waals surface area contributed by atoms with Gasteiger partial charge < -0.3 is 14.7 Å². The summed E-state index contributed by atoms with van der Waals surface area (Å²) in [6, 6.07) is 0.536. The Labute approximate surface area is 113 Å². The molecule has 0 amide bonds. The summed E-state index contributed by atoms with van der Waals surface area (Å²) >= 11 is 1.60. The van der Waals surface area contributed by atoms with Gasteiger partial charge in [-0.1, -0.05) is 18.3 Å². The molecular weight excluding hydrogens is 248 g/mol. The van der Waals surface area contributed by atoms with E-state index < -0.39 is 0 Å². The van der Waals surface area contributed by atoms with Gasteiger partial charge in [-0.3, -0.25) is 0 Å². The highest BCUT2D eigenvalue weighted by Gasteiger charge is 2.26. The van der Waals surface area contributed by atoms with Gasteiger partial charge in [0.1, 0.15) is 0 Å². The molecular formula is C13H22N2O2S. The van der Waals surface area contributed by atoms with Crippen molar-refractivity contribution in [3.63, 3.8) is 0 Å². The van der Waals surface area contributed by atoms with Gasteiger partial charge in [0.05, 0.1) is 23.8 Å². The summed E-state index contributed by atoms with van der Waals surface area (Å²) in [5.41, 5.74) is 0.880. The molecule has 5 heteroatoms. The van der Waals surface area contributed by atoms with E-state index in [1.165, 1.54) is 12.8 Å². The van der Waals surface area contributed by atoms with Crippen LogP contribution in [0.1, 0.15) is 37.3 Å². The normalized spacial score (nSPS) is 24.6. The number of aromatic nitrogens is 1. The summed E-state index contributed by atoms with van der Waals surface area (Å²) in [6.07, 6.45) is 2.51. The molecule has 1 saturated heterocycles. The highest BCUT2D eigenvalue weighted by Crippen LogP contribution is 2.32. The van der Waals surface area contributed by atoms with Gasteiger partial charge in [0.15, 0.2) is 5.13 Å². The molecule has 0 aliphatic carbocycles. The lowest BCUT2D eigenvalue weighted by Crippen LogP contribution is -2.41. The van der Waals surface area contributed by atoms with Crippen molar-refractivity contribution in [2.45, 2.75) is 45.9 Å². The molecule has 4 nitrogen and oxygen atoms in total. The van der Waals surface area contributed by atoms with Gasteiger partial charge >= 0.3 is 0 Å². The van der Waals surface area contributed by atoms with Gasteiger partial charge in [0.25, 0.3) is 0 Å². The summed E-state index contributed by atoms with van der Waals surface area (Å²) in [5.74, 6) is 0.716. The lowest BCUT2D eigenvalue weighted by Gasteiger charge is -2.36. The van der Waals surface area contributed by atoms with Gasteiger partial charge in [-0.05, 0) is 25.7 Å². The molecule has 2 unspecified atom stereocenters. The third-order valence-corrected chi connectivity index (χ3v) is 4.67. The van der Waals surface area contributed by atoms with Crippen LogP contribution in [0.4, 0.5) is 5.13 Å². The van der Waals surface area contributed by atoms with Crippen LogP contribution in [-0.2, 0) is 18.0 Å². The van der Waals surface area contributed by atoms with E-state index in [1.807, 2.05) is 0 Å². The number of hydrogen-bond acceptors (Lipinski definition) is 5. The van der Waals surface area contributed by atoms with Crippen LogP contribution in [0.5, 0.6) is 0 Å². The van der Waals surface area contributed by atoms with Crippen molar-refractivity contribution < 1.29 is 9.84 Å². The third kappa shape index (κ3) is 2.84. The molecule has 1 aromatic rings. The number of rotatable bonds is 4. The fourth-order valence-electron chi connectivity index (χ4n) is 2.42. The van der Waals surface area contributed by atoms with E-state index in [9.17, 15) is 5.11 Å². The number of ether oxygens (including phenoxy) is 1. The molecule has 0 saturated carbocycles. The van der Waals surface area contributed by atoms with Crippen LogP contribution in [-0.4, -0.2) is 29.8 Å². The van der Waals surface area contributed by atoms with Gasteiger partial charge in [-0.2, -0.15) is 0 Å². The number of hydrogen-bond donors (Lipinski definition) is 1. The Morgan fingerprint density at radius 1 is 1.44 bits per heavy atom. The fourth-order valence-corrected chi connectivity index (χ4v) is 3.46. The molecule has 102 valence electrons. The van der Waals surface area contributed by atoms with Crippen LogP contribution >= 0.6 is 11.3 Å². The number of methoxy groups -OCH3 is 1. The minimum Gasteiger partial charge on any atom is -0.391 e. The van der Waals surface area contributed by atoms with Gasteiger partial charge in [-0.25, -0.2) is 4.98 Å². The van der Waals surface area contributed by atoms with Gasteiger partial charge in [0.2, 0.25) is 0 Å². The van der Waals surface area contributed by atoms with E-state index in [0.29, 0.717) is 18.6 Å². The molecule has 0 radical (unpaired) electrons. The van der Waals surface area contributed by atoms with Gasteiger partial charge in [0, 0.05) is 19.7 Å². The molecule has 0 spiro atoms. The predicted molar refractivity (Wildman–Crippen MR) is 74.0 cm³/mol. The Morgan fingerprint density at radius 3 is 2.89 bits per heavy atom. The fraction of sp³-hybridized carbons (Fsp3) is 0.769. The zero-order valence-corrected chi connectivity index (χ0v) is 12.2. The first-order valence-electron chi connectivity index (χ1n) is 6.50. The smallest absolute Gasteiger partial charge is 0.186 e. The Hall–Kier alpha value is -0.650. The van der Waals surface area contributed by atoms with Crippen LogP contribution in [0.2, 0.25) is 0 Å². The molecule has 18 heavy (non-hydrogen) atoms. The van der Waals surface area contributed by atoms with Crippen LogP contribution in [0.15, 0.2) is 0 Å². The first kappa shape index (κ1) is 13.8. The summed E-state index contributed by atoms with van der Waals surface area (Å²) in [6.45, 7) is 6.13. The molecule has 0 bridgehead atoms. The third-order valence-electron chi connectivity index (χ3n) is 3.55. The van der Waals surface area contributed by atoms with Crippen LogP contribution in [0.3, 0.4) is 0 Å². The minimum atomic E-state index is 0.0497. The maximum absolute atomic E-state index is 9.37. The molecule has 1 N–H and O–H groups in total. The summed E-state index contributed by atoms with van der Waals surface area (Å²) in [4.78, 5) is 7.94. The second-order valence-corrected chi connectivity index (χ2v) is 6.20. The summed E-state index contributed by atoms with van der Waals surface area (Å²) < 4.78 is 5.13. The number of aliphatic hydroxyl groups is 1. The molecule has 1 fully saturated rings. The molecule has 2 heterocycles. The SMILES string of the molecule is COCc1nc(N2CC(C)CCC2C)sc1CO. The van der Waals surface area contributed by atoms with E-state index in [-0.39, 0.29) is 6.61 Å². The highest BCUT2D eigenvalue weighted by molar-refractivity contribution is 7.15. The Bertz CT molecular complexity index is 394. The number of anilines is 1. The molecule has 1 aliphatic rings.